The van der Waals surface area contributed by atoms with Gasteiger partial charge in [0, 0.05) is 66.6 Å². The fraction of sp³-hybridized carbons (Fsp3) is 0.0423. The van der Waals surface area contributed by atoms with Crippen molar-refractivity contribution in [3.63, 3.8) is 0 Å². The fourth-order valence-electron chi connectivity index (χ4n) is 11.1. The van der Waals surface area contributed by atoms with Crippen LogP contribution >= 0.6 is 0 Å². The number of benzene rings is 8. The van der Waals surface area contributed by atoms with Gasteiger partial charge in [0.2, 0.25) is 0 Å². The Labute approximate surface area is 443 Å². The summed E-state index contributed by atoms with van der Waals surface area (Å²) in [5.41, 5.74) is 25.1. The molecule has 8 aromatic carbocycles. The van der Waals surface area contributed by atoms with Gasteiger partial charge in [-0.05, 0) is 93.0 Å². The SMILES string of the molecule is C[N+](C)(C)c1ccc(-c2c3nc(c(-c4ccccc4)c4ccc([nH]4)c(-c4ccccc4)c4nc(c(-c5ccccc5)c5ccc2[nH]5)C(c2ccccc2)=C4c2ccccc2)C(c2ccccc2)=C3c2ccccc2)cc1. The van der Waals surface area contributed by atoms with Crippen molar-refractivity contribution < 1.29 is 0 Å². The first-order chi connectivity index (χ1) is 37.4. The van der Waals surface area contributed by atoms with Crippen LogP contribution in [0.2, 0.25) is 0 Å². The van der Waals surface area contributed by atoms with Gasteiger partial charge >= 0.3 is 0 Å². The average Bonchev–Trinajstić information content (AvgIpc) is 4.35. The number of rotatable bonds is 9. The molecule has 2 aliphatic rings. The lowest BCUT2D eigenvalue weighted by atomic mass is 9.88. The molecular weight excluding hydrogens is 923 g/mol. The van der Waals surface area contributed by atoms with Crippen molar-refractivity contribution in [2.75, 3.05) is 21.1 Å². The first-order valence-corrected chi connectivity index (χ1v) is 26.0. The number of aromatic amines is 2. The highest BCUT2D eigenvalue weighted by Crippen LogP contribution is 2.50. The second-order valence-electron chi connectivity index (χ2n) is 20.3. The molecule has 3 aromatic heterocycles. The Morgan fingerprint density at radius 1 is 0.237 bits per heavy atom. The number of quaternary nitrogens is 1. The Balaban J connectivity index is 1.32. The molecule has 76 heavy (non-hydrogen) atoms. The van der Waals surface area contributed by atoms with Crippen LogP contribution in [-0.2, 0) is 0 Å². The summed E-state index contributed by atoms with van der Waals surface area (Å²) in [7, 11) is 6.63. The third kappa shape index (κ3) is 8.30. The van der Waals surface area contributed by atoms with Gasteiger partial charge < -0.3 is 9.97 Å². The summed E-state index contributed by atoms with van der Waals surface area (Å²) >= 11 is 0. The van der Waals surface area contributed by atoms with Gasteiger partial charge in [0.1, 0.15) is 5.69 Å². The Morgan fingerprint density at radius 2 is 0.447 bits per heavy atom. The molecule has 8 bridgehead atoms. The van der Waals surface area contributed by atoms with E-state index in [2.05, 4.69) is 292 Å². The highest BCUT2D eigenvalue weighted by molar-refractivity contribution is 6.15. The van der Waals surface area contributed by atoms with Crippen LogP contribution < -0.4 is 4.48 Å². The predicted octanol–water partition coefficient (Wildman–Crippen LogP) is 17.2. The lowest BCUT2D eigenvalue weighted by Gasteiger charge is -2.23. The maximum Gasteiger partial charge on any atom is 0.132 e. The van der Waals surface area contributed by atoms with Gasteiger partial charge in [-0.2, -0.15) is 0 Å². The van der Waals surface area contributed by atoms with Crippen LogP contribution in [0, 0.1) is 0 Å². The molecule has 0 aliphatic carbocycles. The highest BCUT2D eigenvalue weighted by atomic mass is 15.3. The van der Waals surface area contributed by atoms with Gasteiger partial charge in [-0.3, -0.25) is 4.48 Å². The molecule has 0 fully saturated rings. The molecule has 362 valence electrons. The molecule has 0 amide bonds. The summed E-state index contributed by atoms with van der Waals surface area (Å²) in [5, 5.41) is 0. The molecule has 0 saturated heterocycles. The molecule has 0 unspecified atom stereocenters. The van der Waals surface area contributed by atoms with Crippen molar-refractivity contribution >= 4 is 50.0 Å². The molecule has 0 saturated carbocycles. The van der Waals surface area contributed by atoms with E-state index in [4.69, 9.17) is 9.97 Å². The van der Waals surface area contributed by atoms with E-state index in [0.29, 0.717) is 4.48 Å². The van der Waals surface area contributed by atoms with Crippen molar-refractivity contribution in [2.45, 2.75) is 0 Å². The van der Waals surface area contributed by atoms with Gasteiger partial charge in [-0.15, -0.1) is 0 Å². The largest absolute Gasteiger partial charge is 0.354 e. The first-order valence-electron chi connectivity index (χ1n) is 26.0. The van der Waals surface area contributed by atoms with Crippen molar-refractivity contribution in [3.8, 4) is 44.5 Å². The van der Waals surface area contributed by atoms with Crippen LogP contribution in [-0.4, -0.2) is 41.1 Å². The fourth-order valence-corrected chi connectivity index (χ4v) is 11.1. The number of nitrogens with zero attached hydrogens (tertiary/aromatic N) is 3. The minimum absolute atomic E-state index is 0.685. The first kappa shape index (κ1) is 46.1. The number of H-pyrrole nitrogens is 2. The topological polar surface area (TPSA) is 57.4 Å². The average molecular weight is 977 g/mol. The minimum atomic E-state index is 0.685. The normalized spacial score (nSPS) is 12.6. The maximum absolute atomic E-state index is 6.08. The van der Waals surface area contributed by atoms with E-state index < -0.39 is 0 Å². The molecule has 0 atom stereocenters. The second kappa shape index (κ2) is 19.3. The number of hydrogen-bond acceptors (Lipinski definition) is 2. The summed E-state index contributed by atoms with van der Waals surface area (Å²) in [6.45, 7) is 0. The van der Waals surface area contributed by atoms with Gasteiger partial charge in [-0.1, -0.05) is 212 Å². The van der Waals surface area contributed by atoms with Crippen LogP contribution in [0.5, 0.6) is 0 Å². The quantitative estimate of drug-likeness (QED) is 0.142. The Kier molecular flexibility index (Phi) is 11.7. The van der Waals surface area contributed by atoms with E-state index in [9.17, 15) is 0 Å². The lowest BCUT2D eigenvalue weighted by Crippen LogP contribution is -2.34. The van der Waals surface area contributed by atoms with Crippen LogP contribution in [0.4, 0.5) is 5.69 Å². The Hall–Kier alpha value is -9.68. The third-order valence-electron chi connectivity index (χ3n) is 14.7. The van der Waals surface area contributed by atoms with E-state index in [1.165, 1.54) is 5.69 Å². The molecule has 2 aliphatic heterocycles. The maximum atomic E-state index is 6.08. The molecule has 2 N–H and O–H groups in total. The van der Waals surface area contributed by atoms with E-state index >= 15 is 0 Å². The molecule has 11 aromatic rings. The summed E-state index contributed by atoms with van der Waals surface area (Å²) in [5.74, 6) is 0. The van der Waals surface area contributed by atoms with E-state index in [-0.39, 0.29) is 0 Å². The van der Waals surface area contributed by atoms with Crippen LogP contribution in [0.15, 0.2) is 261 Å². The smallest absolute Gasteiger partial charge is 0.132 e. The molecule has 0 spiro atoms. The Morgan fingerprint density at radius 3 is 0.671 bits per heavy atom. The lowest BCUT2D eigenvalue weighted by molar-refractivity contribution is 0.486. The second-order valence-corrected chi connectivity index (χ2v) is 20.3. The minimum Gasteiger partial charge on any atom is -0.354 e. The standard InChI is InChI=1S/C71H54N5/c1-76(2,3)55-41-39-54(40-42-55)63-59-46-45-58(73-59)62(49-29-15-6-16-30-49)69-65(51-33-19-8-20-34-51)64(50-31-17-7-18-32-50)68(74-69)60(47-25-11-4-12-26-47)56-43-44-57(72-56)61(48-27-13-5-14-28-48)70-66(52-35-21-9-22-36-52)67(71(63)75-70)53-37-23-10-24-38-53/h4-46,72-73H,1-3H3/q+1. The molecule has 5 heteroatoms. The van der Waals surface area contributed by atoms with Crippen LogP contribution in [0.25, 0.3) is 88.9 Å². The molecular formula is C71H54N5+. The zero-order chi connectivity index (χ0) is 51.2. The highest BCUT2D eigenvalue weighted by Gasteiger charge is 2.32. The zero-order valence-corrected chi connectivity index (χ0v) is 42.7. The van der Waals surface area contributed by atoms with Crippen molar-refractivity contribution in [1.29, 1.82) is 0 Å². The van der Waals surface area contributed by atoms with Crippen LogP contribution in [0.1, 0.15) is 45.0 Å². The third-order valence-corrected chi connectivity index (χ3v) is 14.7. The summed E-state index contributed by atoms with van der Waals surface area (Å²) in [6.07, 6.45) is 0. The van der Waals surface area contributed by atoms with E-state index in [1.54, 1.807) is 0 Å². The monoisotopic (exact) mass is 976 g/mol. The molecule has 5 nitrogen and oxygen atoms in total. The summed E-state index contributed by atoms with van der Waals surface area (Å²) in [4.78, 5) is 20.3. The van der Waals surface area contributed by atoms with Crippen LogP contribution in [0.3, 0.4) is 0 Å². The predicted molar refractivity (Wildman–Crippen MR) is 318 cm³/mol. The molecule has 13 rings (SSSR count). The summed E-state index contributed by atoms with van der Waals surface area (Å²) in [6, 6.07) is 93.4. The van der Waals surface area contributed by atoms with E-state index in [1.807, 2.05) is 0 Å². The van der Waals surface area contributed by atoms with Gasteiger partial charge in [0.05, 0.1) is 43.9 Å². The van der Waals surface area contributed by atoms with Gasteiger partial charge in [0.15, 0.2) is 0 Å². The number of hydrogen-bond donors (Lipinski definition) is 2. The number of aromatic nitrogens is 4. The van der Waals surface area contributed by atoms with Gasteiger partial charge in [0.25, 0.3) is 0 Å². The van der Waals surface area contributed by atoms with Gasteiger partial charge in [-0.25, -0.2) is 9.97 Å². The van der Waals surface area contributed by atoms with Crippen molar-refractivity contribution in [2.24, 2.45) is 0 Å². The van der Waals surface area contributed by atoms with E-state index in [0.717, 1.165) is 134 Å². The Bertz CT molecular complexity index is 4130. The summed E-state index contributed by atoms with van der Waals surface area (Å²) < 4.78 is 0.685. The van der Waals surface area contributed by atoms with Crippen molar-refractivity contribution in [3.05, 3.63) is 306 Å². The zero-order valence-electron chi connectivity index (χ0n) is 42.7. The molecule has 5 heterocycles. The number of fused-ring (bicyclic) bond motifs is 8. The number of nitrogens with one attached hydrogen (secondary N) is 2. The molecule has 0 radical (unpaired) electrons. The van der Waals surface area contributed by atoms with Crippen molar-refractivity contribution in [1.82, 2.24) is 24.4 Å².